The van der Waals surface area contributed by atoms with E-state index in [1.54, 1.807) is 6.07 Å². The lowest BCUT2D eigenvalue weighted by atomic mass is 9.94. The smallest absolute Gasteiger partial charge is 0.240 e. The van der Waals surface area contributed by atoms with Crippen molar-refractivity contribution in [2.75, 3.05) is 0 Å². The molecule has 0 aliphatic carbocycles. The van der Waals surface area contributed by atoms with E-state index >= 15 is 0 Å². The first-order chi connectivity index (χ1) is 11.6. The Labute approximate surface area is 151 Å². The van der Waals surface area contributed by atoms with Gasteiger partial charge in [0.2, 0.25) is 10.0 Å². The van der Waals surface area contributed by atoms with Crippen molar-refractivity contribution < 1.29 is 17.5 Å². The van der Waals surface area contributed by atoms with Crippen LogP contribution in [0.4, 0.5) is 4.39 Å². The zero-order valence-electron chi connectivity index (χ0n) is 13.7. The normalized spacial score (nSPS) is 16.8. The lowest BCUT2D eigenvalue weighted by Gasteiger charge is -2.19. The molecule has 0 fully saturated rings. The molecule has 2 aromatic rings. The van der Waals surface area contributed by atoms with E-state index in [1.165, 1.54) is 6.07 Å². The van der Waals surface area contributed by atoms with Crippen LogP contribution in [0.5, 0.6) is 0 Å². The summed E-state index contributed by atoms with van der Waals surface area (Å²) in [6, 6.07) is 11.1. The van der Waals surface area contributed by atoms with Crippen molar-refractivity contribution in [3.8, 4) is 0 Å². The summed E-state index contributed by atoms with van der Waals surface area (Å²) in [6.45, 7) is 3.86. The van der Waals surface area contributed by atoms with Gasteiger partial charge in [-0.2, -0.15) is 0 Å². The molecule has 1 aliphatic rings. The molecule has 0 radical (unpaired) electrons. The first kappa shape index (κ1) is 17.9. The maximum Gasteiger partial charge on any atom is 0.240 e. The predicted octanol–water partition coefficient (Wildman–Crippen LogP) is 4.19. The number of hydrogen-bond acceptors (Lipinski definition) is 3. The maximum atomic E-state index is 14.2. The van der Waals surface area contributed by atoms with Crippen molar-refractivity contribution in [1.29, 1.82) is 0 Å². The van der Waals surface area contributed by atoms with Crippen LogP contribution in [-0.2, 0) is 14.8 Å². The average Bonchev–Trinajstić information content (AvgIpc) is 2.82. The maximum absolute atomic E-state index is 14.2. The van der Waals surface area contributed by atoms with Crippen molar-refractivity contribution in [2.24, 2.45) is 5.14 Å². The molecule has 2 N–H and O–H groups in total. The van der Waals surface area contributed by atoms with Crippen molar-refractivity contribution in [1.82, 2.24) is 0 Å². The van der Waals surface area contributed by atoms with E-state index in [2.05, 4.69) is 0 Å². The molecule has 0 spiro atoms. The van der Waals surface area contributed by atoms with Gasteiger partial charge in [-0.25, -0.2) is 17.9 Å². The highest BCUT2D eigenvalue weighted by molar-refractivity contribution is 7.89. The number of benzene rings is 2. The van der Waals surface area contributed by atoms with Gasteiger partial charge in [0.1, 0.15) is 22.1 Å². The molecule has 0 saturated heterocycles. The summed E-state index contributed by atoms with van der Waals surface area (Å²) in [5, 5.41) is 5.60. The van der Waals surface area contributed by atoms with Gasteiger partial charge in [0.25, 0.3) is 0 Å². The molecular weight excluding hydrogens is 365 g/mol. The van der Waals surface area contributed by atoms with Gasteiger partial charge in [0, 0.05) is 22.6 Å². The number of hydrogen-bond donors (Lipinski definition) is 1. The van der Waals surface area contributed by atoms with Crippen LogP contribution < -0.4 is 5.14 Å². The largest absolute Gasteiger partial charge is 0.487 e. The van der Waals surface area contributed by atoms with Crippen LogP contribution in [0.25, 0.3) is 11.3 Å². The fourth-order valence-electron chi connectivity index (χ4n) is 2.90. The predicted molar refractivity (Wildman–Crippen MR) is 95.8 cm³/mol. The fourth-order valence-corrected chi connectivity index (χ4v) is 3.67. The molecule has 0 aromatic heterocycles. The second kappa shape index (κ2) is 6.12. The van der Waals surface area contributed by atoms with E-state index in [9.17, 15) is 12.8 Å². The minimum absolute atomic E-state index is 0.449. The van der Waals surface area contributed by atoms with Gasteiger partial charge < -0.3 is 4.74 Å². The number of halogens is 2. The third kappa shape index (κ3) is 3.71. The van der Waals surface area contributed by atoms with Gasteiger partial charge in [-0.1, -0.05) is 23.7 Å². The zero-order valence-corrected chi connectivity index (χ0v) is 15.3. The van der Waals surface area contributed by atoms with E-state index in [0.29, 0.717) is 22.8 Å². The summed E-state index contributed by atoms with van der Waals surface area (Å²) in [5.41, 5.74) is 1.74. The molecule has 0 saturated carbocycles. The number of ether oxygens (including phenoxy) is 1. The highest BCUT2D eigenvalue weighted by Gasteiger charge is 2.34. The summed E-state index contributed by atoms with van der Waals surface area (Å²) in [7, 11) is -4.12. The van der Waals surface area contributed by atoms with Crippen LogP contribution in [0.2, 0.25) is 5.02 Å². The van der Waals surface area contributed by atoms with Crippen LogP contribution in [0, 0.1) is 5.82 Å². The minimum Gasteiger partial charge on any atom is -0.487 e. The second-order valence-corrected chi connectivity index (χ2v) is 8.51. The Morgan fingerprint density at radius 2 is 1.88 bits per heavy atom. The molecule has 1 aliphatic heterocycles. The molecule has 0 atom stereocenters. The minimum atomic E-state index is -4.12. The summed E-state index contributed by atoms with van der Waals surface area (Å²) >= 11 is 6.08. The zero-order chi connectivity index (χ0) is 18.4. The fraction of sp³-hybridized carbons (Fsp3) is 0.222. The molecule has 4 nitrogen and oxygen atoms in total. The average molecular weight is 382 g/mol. The summed E-state index contributed by atoms with van der Waals surface area (Å²) < 4.78 is 43.0. The van der Waals surface area contributed by atoms with Crippen molar-refractivity contribution in [3.05, 3.63) is 64.4 Å². The molecule has 2 aromatic carbocycles. The Balaban J connectivity index is 2.15. The number of primary sulfonamides is 1. The quantitative estimate of drug-likeness (QED) is 0.866. The first-order valence-electron chi connectivity index (χ1n) is 7.58. The monoisotopic (exact) mass is 381 g/mol. The van der Waals surface area contributed by atoms with Gasteiger partial charge in [-0.15, -0.1) is 0 Å². The van der Waals surface area contributed by atoms with E-state index in [1.807, 2.05) is 32.0 Å². The molecule has 25 heavy (non-hydrogen) atoms. The number of nitrogens with two attached hydrogens (primary N) is 1. The van der Waals surface area contributed by atoms with E-state index < -0.39 is 26.3 Å². The third-order valence-corrected chi connectivity index (χ3v) is 5.11. The first-order valence-corrected chi connectivity index (χ1v) is 9.50. The number of sulfonamides is 1. The summed E-state index contributed by atoms with van der Waals surface area (Å²) in [6.07, 6.45) is 0.612. The van der Waals surface area contributed by atoms with Crippen molar-refractivity contribution in [3.63, 3.8) is 0 Å². The van der Waals surface area contributed by atoms with Crippen LogP contribution in [-0.4, -0.2) is 14.0 Å². The lowest BCUT2D eigenvalue weighted by Crippen LogP contribution is -2.18. The topological polar surface area (TPSA) is 69.4 Å². The van der Waals surface area contributed by atoms with Crippen LogP contribution in [0.3, 0.4) is 0 Å². The molecule has 132 valence electrons. The lowest BCUT2D eigenvalue weighted by molar-refractivity contribution is 0.101. The molecule has 0 amide bonds. The highest BCUT2D eigenvalue weighted by Crippen LogP contribution is 2.44. The third-order valence-electron chi connectivity index (χ3n) is 3.93. The molecular formula is C18H17ClFNO3S. The van der Waals surface area contributed by atoms with Crippen molar-refractivity contribution in [2.45, 2.75) is 30.8 Å². The van der Waals surface area contributed by atoms with Gasteiger partial charge in [0.05, 0.1) is 0 Å². The summed E-state index contributed by atoms with van der Waals surface area (Å²) in [4.78, 5) is -0.543. The number of rotatable bonds is 3. The van der Waals surface area contributed by atoms with Gasteiger partial charge in [-0.05, 0) is 49.7 Å². The Morgan fingerprint density at radius 1 is 1.16 bits per heavy atom. The molecule has 3 rings (SSSR count). The van der Waals surface area contributed by atoms with Crippen LogP contribution in [0.1, 0.15) is 31.4 Å². The van der Waals surface area contributed by atoms with Crippen molar-refractivity contribution >= 4 is 33.0 Å². The van der Waals surface area contributed by atoms with Gasteiger partial charge >= 0.3 is 0 Å². The molecule has 7 heteroatoms. The van der Waals surface area contributed by atoms with E-state index in [4.69, 9.17) is 21.5 Å². The van der Waals surface area contributed by atoms with Crippen LogP contribution >= 0.6 is 11.6 Å². The van der Waals surface area contributed by atoms with Gasteiger partial charge in [0.15, 0.2) is 0 Å². The van der Waals surface area contributed by atoms with Gasteiger partial charge in [-0.3, -0.25) is 0 Å². The highest BCUT2D eigenvalue weighted by atomic mass is 35.5. The summed E-state index contributed by atoms with van der Waals surface area (Å²) in [5.74, 6) is -0.404. The SMILES string of the molecule is CC1(C)CC(c2cccc(Cl)c2)=C(c2ccc(S(N)(=O)=O)c(F)c2)O1. The van der Waals surface area contributed by atoms with Crippen LogP contribution in [0.15, 0.2) is 47.4 Å². The standard InChI is InChI=1S/C18H17ClFNO3S/c1-18(2)10-14(11-4-3-5-13(19)8-11)17(24-18)12-6-7-16(15(20)9-12)25(21,22)23/h3-9H,10H2,1-2H3,(H2,21,22,23). The Bertz CT molecular complexity index is 984. The van der Waals surface area contributed by atoms with E-state index in [0.717, 1.165) is 23.3 Å². The van der Waals surface area contributed by atoms with E-state index in [-0.39, 0.29) is 0 Å². The molecule has 1 heterocycles. The second-order valence-electron chi connectivity index (χ2n) is 6.55. The Morgan fingerprint density at radius 3 is 2.48 bits per heavy atom. The Hall–Kier alpha value is -1.89. The molecule has 0 bridgehead atoms. The molecule has 0 unspecified atom stereocenters. The Kier molecular flexibility index (Phi) is 4.39.